The summed E-state index contributed by atoms with van der Waals surface area (Å²) in [6.07, 6.45) is 3.56. The van der Waals surface area contributed by atoms with Crippen LogP contribution in [0, 0.1) is 33.5 Å². The Hall–Kier alpha value is -3.13. The number of aliphatic imine (C=N–C) groups is 1. The number of oxazole rings is 1. The molecule has 3 aromatic heterocycles. The van der Waals surface area contributed by atoms with Crippen LogP contribution in [0.5, 0.6) is 0 Å². The van der Waals surface area contributed by atoms with Crippen LogP contribution in [0.2, 0.25) is 0 Å². The van der Waals surface area contributed by atoms with Gasteiger partial charge in [0.05, 0.1) is 18.3 Å². The predicted molar refractivity (Wildman–Crippen MR) is 113 cm³/mol. The molecule has 8 heteroatoms. The summed E-state index contributed by atoms with van der Waals surface area (Å²) in [7, 11) is 0. The summed E-state index contributed by atoms with van der Waals surface area (Å²) in [6.45, 7) is 7.93. The predicted octanol–water partition coefficient (Wildman–Crippen LogP) is 4.82. The highest BCUT2D eigenvalue weighted by Gasteiger charge is 2.32. The Labute approximate surface area is 177 Å². The van der Waals surface area contributed by atoms with Gasteiger partial charge in [0.1, 0.15) is 28.9 Å². The number of aromatic nitrogens is 4. The molecule has 0 aliphatic carbocycles. The number of hydrogen-bond acceptors (Lipinski definition) is 6. The summed E-state index contributed by atoms with van der Waals surface area (Å²) in [5, 5.41) is 9.71. The van der Waals surface area contributed by atoms with Gasteiger partial charge in [-0.3, -0.25) is 9.56 Å². The maximum absolute atomic E-state index is 15.1. The van der Waals surface area contributed by atoms with Crippen molar-refractivity contribution in [3.8, 4) is 5.00 Å². The van der Waals surface area contributed by atoms with Gasteiger partial charge in [0.2, 0.25) is 0 Å². The van der Waals surface area contributed by atoms with E-state index in [9.17, 15) is 0 Å². The zero-order valence-electron chi connectivity index (χ0n) is 17.1. The van der Waals surface area contributed by atoms with Crippen molar-refractivity contribution in [1.82, 2.24) is 19.7 Å². The molecule has 1 aliphatic rings. The zero-order valence-corrected chi connectivity index (χ0v) is 17.9. The van der Waals surface area contributed by atoms with E-state index in [-0.39, 0.29) is 5.82 Å². The van der Waals surface area contributed by atoms with Gasteiger partial charge in [0.25, 0.3) is 0 Å². The average molecular weight is 422 g/mol. The minimum Gasteiger partial charge on any atom is -0.449 e. The van der Waals surface area contributed by atoms with Crippen molar-refractivity contribution in [3.63, 3.8) is 0 Å². The van der Waals surface area contributed by atoms with Gasteiger partial charge in [-0.05, 0) is 51.0 Å². The molecule has 1 unspecified atom stereocenters. The van der Waals surface area contributed by atoms with E-state index < -0.39 is 6.04 Å². The molecule has 152 valence electrons. The normalized spacial score (nSPS) is 15.5. The van der Waals surface area contributed by atoms with Crippen LogP contribution in [0.3, 0.4) is 0 Å². The Bertz CT molecular complexity index is 1290. The van der Waals surface area contributed by atoms with Crippen molar-refractivity contribution in [2.24, 2.45) is 4.99 Å². The first kappa shape index (κ1) is 18.9. The van der Waals surface area contributed by atoms with E-state index in [1.807, 2.05) is 24.5 Å². The van der Waals surface area contributed by atoms with Crippen molar-refractivity contribution in [1.29, 1.82) is 0 Å². The van der Waals surface area contributed by atoms with Crippen molar-refractivity contribution < 1.29 is 8.81 Å². The second-order valence-corrected chi connectivity index (χ2v) is 8.71. The highest BCUT2D eigenvalue weighted by molar-refractivity contribution is 7.15. The maximum atomic E-state index is 15.1. The Balaban J connectivity index is 1.80. The maximum Gasteiger partial charge on any atom is 0.196 e. The summed E-state index contributed by atoms with van der Waals surface area (Å²) < 4.78 is 22.6. The third kappa shape index (κ3) is 2.90. The van der Waals surface area contributed by atoms with Gasteiger partial charge < -0.3 is 4.42 Å². The van der Waals surface area contributed by atoms with Crippen LogP contribution in [0.15, 0.2) is 40.1 Å². The highest BCUT2D eigenvalue weighted by atomic mass is 32.1. The Kier molecular flexibility index (Phi) is 4.39. The van der Waals surface area contributed by atoms with Crippen LogP contribution in [0.25, 0.3) is 5.00 Å². The number of rotatable bonds is 3. The van der Waals surface area contributed by atoms with Gasteiger partial charge >= 0.3 is 0 Å². The molecule has 4 aromatic rings. The molecule has 1 atom stereocenters. The van der Waals surface area contributed by atoms with Crippen molar-refractivity contribution in [2.45, 2.75) is 40.2 Å². The van der Waals surface area contributed by atoms with Gasteiger partial charge in [0.15, 0.2) is 11.7 Å². The molecule has 0 radical (unpaired) electrons. The van der Waals surface area contributed by atoms with Crippen LogP contribution in [0.1, 0.15) is 50.7 Å². The van der Waals surface area contributed by atoms with Gasteiger partial charge in [-0.1, -0.05) is 6.07 Å². The number of halogens is 1. The second-order valence-electron chi connectivity index (χ2n) is 7.51. The molecule has 6 nitrogen and oxygen atoms in total. The van der Waals surface area contributed by atoms with Crippen molar-refractivity contribution in [2.75, 3.05) is 0 Å². The smallest absolute Gasteiger partial charge is 0.196 e. The largest absolute Gasteiger partial charge is 0.449 e. The van der Waals surface area contributed by atoms with Gasteiger partial charge in [-0.2, -0.15) is 0 Å². The summed E-state index contributed by atoms with van der Waals surface area (Å²) in [5.74, 6) is 1.74. The molecule has 0 spiro atoms. The van der Waals surface area contributed by atoms with Crippen LogP contribution >= 0.6 is 11.3 Å². The highest BCUT2D eigenvalue weighted by Crippen LogP contribution is 2.39. The van der Waals surface area contributed by atoms with Crippen LogP contribution in [-0.4, -0.2) is 25.5 Å². The van der Waals surface area contributed by atoms with E-state index in [0.29, 0.717) is 29.4 Å². The summed E-state index contributed by atoms with van der Waals surface area (Å²) >= 11 is 1.65. The minimum absolute atomic E-state index is 0.285. The quantitative estimate of drug-likeness (QED) is 0.475. The van der Waals surface area contributed by atoms with E-state index in [1.54, 1.807) is 29.7 Å². The topological polar surface area (TPSA) is 69.1 Å². The lowest BCUT2D eigenvalue weighted by Gasteiger charge is -2.12. The molecule has 0 bridgehead atoms. The SMILES string of the molecule is Cc1ccc(C2=NC(Cc3ncco3)c3nnc(C)n3-c3sc(C)c(C)c32)c(F)c1. The lowest BCUT2D eigenvalue weighted by molar-refractivity contribution is 0.467. The Morgan fingerprint density at radius 2 is 2.00 bits per heavy atom. The third-order valence-electron chi connectivity index (χ3n) is 5.47. The van der Waals surface area contributed by atoms with Crippen molar-refractivity contribution in [3.05, 3.63) is 81.1 Å². The molecule has 30 heavy (non-hydrogen) atoms. The number of nitrogens with zero attached hydrogens (tertiary/aromatic N) is 5. The molecule has 0 N–H and O–H groups in total. The van der Waals surface area contributed by atoms with E-state index in [2.05, 4.69) is 29.0 Å². The van der Waals surface area contributed by atoms with E-state index in [4.69, 9.17) is 9.41 Å². The van der Waals surface area contributed by atoms with Gasteiger partial charge in [0, 0.05) is 16.0 Å². The zero-order chi connectivity index (χ0) is 21.0. The molecule has 5 rings (SSSR count). The Morgan fingerprint density at radius 3 is 2.73 bits per heavy atom. The first-order valence-electron chi connectivity index (χ1n) is 9.69. The number of benzene rings is 1. The average Bonchev–Trinajstić information content (AvgIpc) is 3.38. The van der Waals surface area contributed by atoms with E-state index >= 15 is 4.39 Å². The van der Waals surface area contributed by atoms with E-state index in [1.165, 1.54) is 6.26 Å². The van der Waals surface area contributed by atoms with Crippen molar-refractivity contribution >= 4 is 17.0 Å². The molecular weight excluding hydrogens is 401 g/mol. The fourth-order valence-electron chi connectivity index (χ4n) is 3.84. The first-order chi connectivity index (χ1) is 14.4. The molecule has 1 aromatic carbocycles. The monoisotopic (exact) mass is 421 g/mol. The van der Waals surface area contributed by atoms with Crippen LogP contribution in [-0.2, 0) is 6.42 Å². The number of fused-ring (bicyclic) bond motifs is 3. The lowest BCUT2D eigenvalue weighted by Crippen LogP contribution is -2.10. The molecule has 0 saturated carbocycles. The summed E-state index contributed by atoms with van der Waals surface area (Å²) in [6, 6.07) is 4.86. The van der Waals surface area contributed by atoms with Gasteiger partial charge in [-0.25, -0.2) is 9.37 Å². The number of hydrogen-bond donors (Lipinski definition) is 0. The van der Waals surface area contributed by atoms with Crippen LogP contribution in [0.4, 0.5) is 4.39 Å². The first-order valence-corrected chi connectivity index (χ1v) is 10.5. The van der Waals surface area contributed by atoms with Gasteiger partial charge in [-0.15, -0.1) is 21.5 Å². The van der Waals surface area contributed by atoms with E-state index in [0.717, 1.165) is 32.4 Å². The molecule has 0 fully saturated rings. The van der Waals surface area contributed by atoms with Crippen LogP contribution < -0.4 is 0 Å². The molecule has 1 aliphatic heterocycles. The molecule has 0 amide bonds. The number of thiophene rings is 1. The summed E-state index contributed by atoms with van der Waals surface area (Å²) in [5.41, 5.74) is 4.00. The Morgan fingerprint density at radius 1 is 1.17 bits per heavy atom. The molecule has 0 saturated heterocycles. The fraction of sp³-hybridized carbons (Fsp3) is 0.273. The molecular formula is C22H20FN5OS. The third-order valence-corrected chi connectivity index (χ3v) is 6.66. The standard InChI is InChI=1S/C22H20FN5OS/c1-11-5-6-15(16(23)9-11)20-19-12(2)13(3)30-22(19)28-14(4)26-27-21(28)17(25-20)10-18-24-7-8-29-18/h5-9,17H,10H2,1-4H3. The number of aryl methyl sites for hydroxylation is 3. The summed E-state index contributed by atoms with van der Waals surface area (Å²) in [4.78, 5) is 10.5. The minimum atomic E-state index is -0.403. The fourth-order valence-corrected chi connectivity index (χ4v) is 5.06. The lowest BCUT2D eigenvalue weighted by atomic mass is 9.98. The molecule has 4 heterocycles. The second kappa shape index (κ2) is 6.98.